The van der Waals surface area contributed by atoms with Crippen molar-refractivity contribution in [3.05, 3.63) is 41.0 Å². The molecule has 2 nitrogen and oxygen atoms in total. The number of rotatable bonds is 0. The number of Topliss-reactive ketones (excluding diaryl/α,β-unsaturated/α-hetero) is 1. The van der Waals surface area contributed by atoms with Gasteiger partial charge >= 0.3 is 0 Å². The first-order chi connectivity index (χ1) is 8.69. The van der Waals surface area contributed by atoms with E-state index in [1.807, 2.05) is 12.1 Å². The third-order valence-corrected chi connectivity index (χ3v) is 5.23. The van der Waals surface area contributed by atoms with Crippen LogP contribution in [0.15, 0.2) is 29.8 Å². The van der Waals surface area contributed by atoms with Crippen molar-refractivity contribution in [3.63, 3.8) is 0 Å². The Bertz CT molecular complexity index is 587. The van der Waals surface area contributed by atoms with Crippen molar-refractivity contribution in [1.29, 1.82) is 0 Å². The number of nitrogens with two attached hydrogens (primary N) is 1. The third kappa shape index (κ3) is 1.16. The summed E-state index contributed by atoms with van der Waals surface area (Å²) in [5.41, 5.74) is 10.8. The van der Waals surface area contributed by atoms with E-state index in [9.17, 15) is 4.79 Å². The number of fused-ring (bicyclic) bond motifs is 4. The zero-order valence-corrected chi connectivity index (χ0v) is 10.4. The van der Waals surface area contributed by atoms with E-state index in [-0.39, 0.29) is 5.41 Å². The van der Waals surface area contributed by atoms with Gasteiger partial charge in [0.05, 0.1) is 0 Å². The highest BCUT2D eigenvalue weighted by atomic mass is 16.1. The SMILES string of the molecule is Nc1cccc2c1CC1(CC3=CCC1C3)C(=O)C2. The van der Waals surface area contributed by atoms with Crippen molar-refractivity contribution in [2.24, 2.45) is 11.3 Å². The minimum atomic E-state index is -0.105. The molecule has 0 saturated heterocycles. The Kier molecular flexibility index (Phi) is 1.87. The Morgan fingerprint density at radius 1 is 1.28 bits per heavy atom. The first-order valence-electron chi connectivity index (χ1n) is 6.76. The van der Waals surface area contributed by atoms with Gasteiger partial charge in [-0.2, -0.15) is 0 Å². The molecule has 1 spiro atoms. The summed E-state index contributed by atoms with van der Waals surface area (Å²) in [4.78, 5) is 12.6. The van der Waals surface area contributed by atoms with Gasteiger partial charge in [0.15, 0.2) is 0 Å². The van der Waals surface area contributed by atoms with E-state index in [0.717, 1.165) is 36.9 Å². The highest BCUT2D eigenvalue weighted by molar-refractivity contribution is 5.91. The highest BCUT2D eigenvalue weighted by Gasteiger charge is 2.53. The summed E-state index contributed by atoms with van der Waals surface area (Å²) in [5, 5.41) is 0. The molecule has 2 unspecified atom stereocenters. The third-order valence-electron chi connectivity index (χ3n) is 5.23. The van der Waals surface area contributed by atoms with Gasteiger partial charge in [-0.25, -0.2) is 0 Å². The lowest BCUT2D eigenvalue weighted by Crippen LogP contribution is -2.42. The maximum atomic E-state index is 12.6. The van der Waals surface area contributed by atoms with Crippen LogP contribution >= 0.6 is 0 Å². The molecule has 92 valence electrons. The number of carbonyl (C=O) groups excluding carboxylic acids is 1. The van der Waals surface area contributed by atoms with Crippen LogP contribution in [0.25, 0.3) is 0 Å². The zero-order chi connectivity index (χ0) is 12.3. The predicted octanol–water partition coefficient (Wildman–Crippen LogP) is 2.66. The fraction of sp³-hybridized carbons (Fsp3) is 0.438. The molecule has 0 radical (unpaired) electrons. The second-order valence-electron chi connectivity index (χ2n) is 6.09. The Balaban J connectivity index is 1.83. The van der Waals surface area contributed by atoms with Gasteiger partial charge in [0, 0.05) is 17.5 Å². The molecule has 0 aromatic heterocycles. The van der Waals surface area contributed by atoms with Gasteiger partial charge < -0.3 is 5.73 Å². The van der Waals surface area contributed by atoms with Gasteiger partial charge in [-0.05, 0) is 48.8 Å². The number of benzene rings is 1. The molecule has 2 bridgehead atoms. The summed E-state index contributed by atoms with van der Waals surface area (Å²) in [5.74, 6) is 1.00. The maximum absolute atomic E-state index is 12.6. The largest absolute Gasteiger partial charge is 0.398 e. The van der Waals surface area contributed by atoms with Crippen molar-refractivity contribution in [2.75, 3.05) is 5.73 Å². The van der Waals surface area contributed by atoms with Crippen molar-refractivity contribution in [3.8, 4) is 0 Å². The Labute approximate surface area is 107 Å². The lowest BCUT2D eigenvalue weighted by Gasteiger charge is -2.39. The number of allylic oxidation sites excluding steroid dienone is 2. The molecular weight excluding hydrogens is 222 g/mol. The quantitative estimate of drug-likeness (QED) is 0.558. The van der Waals surface area contributed by atoms with Crippen molar-refractivity contribution in [2.45, 2.75) is 32.1 Å². The molecule has 2 N–H and O–H groups in total. The van der Waals surface area contributed by atoms with Crippen molar-refractivity contribution < 1.29 is 4.79 Å². The fourth-order valence-corrected chi connectivity index (χ4v) is 4.24. The summed E-state index contributed by atoms with van der Waals surface area (Å²) >= 11 is 0. The van der Waals surface area contributed by atoms with E-state index >= 15 is 0 Å². The summed E-state index contributed by atoms with van der Waals surface area (Å²) in [6.07, 6.45) is 7.04. The first kappa shape index (κ1) is 10.4. The van der Waals surface area contributed by atoms with Crippen molar-refractivity contribution in [1.82, 2.24) is 0 Å². The molecule has 0 amide bonds. The van der Waals surface area contributed by atoms with E-state index < -0.39 is 0 Å². The molecule has 1 aromatic carbocycles. The van der Waals surface area contributed by atoms with Crippen LogP contribution in [0.4, 0.5) is 5.69 Å². The van der Waals surface area contributed by atoms with Gasteiger partial charge in [-0.1, -0.05) is 23.8 Å². The molecule has 1 saturated carbocycles. The summed E-state index contributed by atoms with van der Waals surface area (Å²) in [6, 6.07) is 5.99. The van der Waals surface area contributed by atoms with Gasteiger partial charge in [0.25, 0.3) is 0 Å². The molecule has 18 heavy (non-hydrogen) atoms. The monoisotopic (exact) mass is 239 g/mol. The molecule has 4 rings (SSSR count). The molecule has 2 atom stereocenters. The molecule has 2 heteroatoms. The van der Waals surface area contributed by atoms with Crippen LogP contribution in [0, 0.1) is 11.3 Å². The Morgan fingerprint density at radius 3 is 2.89 bits per heavy atom. The second kappa shape index (κ2) is 3.25. The summed E-state index contributed by atoms with van der Waals surface area (Å²) in [7, 11) is 0. The smallest absolute Gasteiger partial charge is 0.144 e. The van der Waals surface area contributed by atoms with Crippen LogP contribution in [-0.2, 0) is 17.6 Å². The van der Waals surface area contributed by atoms with Crippen molar-refractivity contribution >= 4 is 11.5 Å². The van der Waals surface area contributed by atoms with E-state index in [1.165, 1.54) is 11.1 Å². The van der Waals surface area contributed by atoms with Gasteiger partial charge in [-0.3, -0.25) is 4.79 Å². The van der Waals surface area contributed by atoms with Gasteiger partial charge in [0.1, 0.15) is 5.78 Å². The minimum absolute atomic E-state index is 0.105. The number of ketones is 1. The Morgan fingerprint density at radius 2 is 2.17 bits per heavy atom. The van der Waals surface area contributed by atoms with Crippen LogP contribution in [0.2, 0.25) is 0 Å². The number of carbonyl (C=O) groups is 1. The molecule has 0 aliphatic heterocycles. The highest BCUT2D eigenvalue weighted by Crippen LogP contribution is 2.57. The number of anilines is 1. The maximum Gasteiger partial charge on any atom is 0.144 e. The normalized spacial score (nSPS) is 32.8. The molecule has 3 aliphatic carbocycles. The standard InChI is InChI=1S/C16H17NO/c17-14-3-1-2-11-7-15(18)16(9-13(11)14)8-10-4-5-12(16)6-10/h1-4,12H,5-9,17H2. The topological polar surface area (TPSA) is 43.1 Å². The number of hydrogen-bond acceptors (Lipinski definition) is 2. The van der Waals surface area contributed by atoms with E-state index in [0.29, 0.717) is 18.1 Å². The summed E-state index contributed by atoms with van der Waals surface area (Å²) < 4.78 is 0. The fourth-order valence-electron chi connectivity index (χ4n) is 4.24. The average Bonchev–Trinajstić information content (AvgIpc) is 2.93. The second-order valence-corrected chi connectivity index (χ2v) is 6.09. The van der Waals surface area contributed by atoms with E-state index in [1.54, 1.807) is 0 Å². The van der Waals surface area contributed by atoms with E-state index in [4.69, 9.17) is 5.73 Å². The molecule has 1 aromatic rings. The minimum Gasteiger partial charge on any atom is -0.398 e. The lowest BCUT2D eigenvalue weighted by atomic mass is 9.63. The first-order valence-corrected chi connectivity index (χ1v) is 6.76. The predicted molar refractivity (Wildman–Crippen MR) is 71.1 cm³/mol. The van der Waals surface area contributed by atoms with Crippen LogP contribution in [-0.4, -0.2) is 5.78 Å². The van der Waals surface area contributed by atoms with Crippen LogP contribution in [0.3, 0.4) is 0 Å². The van der Waals surface area contributed by atoms with Crippen LogP contribution < -0.4 is 5.73 Å². The molecular formula is C16H17NO. The van der Waals surface area contributed by atoms with Gasteiger partial charge in [0.2, 0.25) is 0 Å². The lowest BCUT2D eigenvalue weighted by molar-refractivity contribution is -0.131. The molecule has 1 fully saturated rings. The average molecular weight is 239 g/mol. The number of nitrogen functional groups attached to an aromatic ring is 1. The molecule has 3 aliphatic rings. The van der Waals surface area contributed by atoms with E-state index in [2.05, 4.69) is 12.1 Å². The Hall–Kier alpha value is -1.57. The molecule has 0 heterocycles. The van der Waals surface area contributed by atoms with Gasteiger partial charge in [-0.15, -0.1) is 0 Å². The van der Waals surface area contributed by atoms with Crippen LogP contribution in [0.5, 0.6) is 0 Å². The van der Waals surface area contributed by atoms with Crippen LogP contribution in [0.1, 0.15) is 30.4 Å². The number of hydrogen-bond donors (Lipinski definition) is 1. The zero-order valence-electron chi connectivity index (χ0n) is 10.4. The summed E-state index contributed by atoms with van der Waals surface area (Å²) in [6.45, 7) is 0.